The molecule has 2 fully saturated rings. The molecule has 17 heavy (non-hydrogen) atoms. The molecule has 0 atom stereocenters. The third-order valence-electron chi connectivity index (χ3n) is 3.15. The van der Waals surface area contributed by atoms with Crippen molar-refractivity contribution in [2.75, 3.05) is 12.3 Å². The lowest BCUT2D eigenvalue weighted by Gasteiger charge is -2.04. The van der Waals surface area contributed by atoms with Gasteiger partial charge in [-0.1, -0.05) is 11.8 Å². The fourth-order valence-electron chi connectivity index (χ4n) is 1.88. The minimum atomic E-state index is -0.0499. The molecule has 6 heteroatoms. The molecule has 0 radical (unpaired) electrons. The zero-order valence-electron chi connectivity index (χ0n) is 9.82. The van der Waals surface area contributed by atoms with Crippen molar-refractivity contribution in [1.29, 1.82) is 0 Å². The maximum absolute atomic E-state index is 11.5. The predicted molar refractivity (Wildman–Crippen MR) is 67.5 cm³/mol. The molecular formula is C11H18N4OS. The van der Waals surface area contributed by atoms with Crippen molar-refractivity contribution >= 4 is 11.8 Å². The molecule has 3 rings (SSSR count). The van der Waals surface area contributed by atoms with Crippen LogP contribution in [0.3, 0.4) is 0 Å². The molecule has 2 aliphatic rings. The molecule has 0 spiro atoms. The van der Waals surface area contributed by atoms with Gasteiger partial charge in [0, 0.05) is 17.8 Å². The Kier molecular flexibility index (Phi) is 3.24. The Balaban J connectivity index is 1.45. The average molecular weight is 254 g/mol. The van der Waals surface area contributed by atoms with Gasteiger partial charge in [0.05, 0.1) is 0 Å². The van der Waals surface area contributed by atoms with Crippen LogP contribution in [0.4, 0.5) is 0 Å². The SMILES string of the molecule is O=c1[nH]nc(SCCCNC2CC2)n1C1CC1. The molecule has 0 bridgehead atoms. The fourth-order valence-corrected chi connectivity index (χ4v) is 2.83. The molecule has 94 valence electrons. The lowest BCUT2D eigenvalue weighted by Crippen LogP contribution is -2.18. The van der Waals surface area contributed by atoms with Crippen LogP contribution in [-0.4, -0.2) is 33.1 Å². The standard InChI is InChI=1S/C11H18N4OS/c16-10-13-14-11(15(10)9-4-5-9)17-7-1-6-12-8-2-3-8/h8-9,12H,1-7H2,(H,13,16). The summed E-state index contributed by atoms with van der Waals surface area (Å²) in [6, 6.07) is 1.20. The van der Waals surface area contributed by atoms with Crippen LogP contribution in [-0.2, 0) is 0 Å². The molecule has 1 aromatic rings. The van der Waals surface area contributed by atoms with E-state index in [2.05, 4.69) is 15.5 Å². The van der Waals surface area contributed by atoms with Crippen molar-refractivity contribution < 1.29 is 0 Å². The van der Waals surface area contributed by atoms with E-state index >= 15 is 0 Å². The van der Waals surface area contributed by atoms with Gasteiger partial charge in [0.25, 0.3) is 0 Å². The maximum Gasteiger partial charge on any atom is 0.344 e. The Hall–Kier alpha value is -0.750. The number of H-pyrrole nitrogens is 1. The van der Waals surface area contributed by atoms with Crippen molar-refractivity contribution in [1.82, 2.24) is 20.1 Å². The van der Waals surface area contributed by atoms with Crippen molar-refractivity contribution in [2.24, 2.45) is 0 Å². The van der Waals surface area contributed by atoms with Gasteiger partial charge in [0.15, 0.2) is 5.16 Å². The first-order valence-corrected chi connectivity index (χ1v) is 7.36. The van der Waals surface area contributed by atoms with Crippen LogP contribution in [0.2, 0.25) is 0 Å². The van der Waals surface area contributed by atoms with E-state index in [1.807, 2.05) is 4.57 Å². The summed E-state index contributed by atoms with van der Waals surface area (Å²) in [5.74, 6) is 1.02. The summed E-state index contributed by atoms with van der Waals surface area (Å²) >= 11 is 1.69. The van der Waals surface area contributed by atoms with E-state index in [-0.39, 0.29) is 5.69 Å². The van der Waals surface area contributed by atoms with Crippen LogP contribution in [0.15, 0.2) is 9.95 Å². The maximum atomic E-state index is 11.5. The van der Waals surface area contributed by atoms with E-state index in [9.17, 15) is 4.79 Å². The van der Waals surface area contributed by atoms with E-state index in [1.165, 1.54) is 12.8 Å². The second-order valence-corrected chi connectivity index (χ2v) is 5.90. The number of nitrogens with one attached hydrogen (secondary N) is 2. The number of aromatic nitrogens is 3. The largest absolute Gasteiger partial charge is 0.344 e. The average Bonchev–Trinajstić information content (AvgIpc) is 3.21. The van der Waals surface area contributed by atoms with Gasteiger partial charge in [-0.05, 0) is 38.6 Å². The first kappa shape index (κ1) is 11.3. The van der Waals surface area contributed by atoms with Gasteiger partial charge in [0.1, 0.15) is 0 Å². The summed E-state index contributed by atoms with van der Waals surface area (Å²) in [6.45, 7) is 1.08. The molecule has 0 unspecified atom stereocenters. The third-order valence-corrected chi connectivity index (χ3v) is 4.19. The van der Waals surface area contributed by atoms with Crippen molar-refractivity contribution in [3.05, 3.63) is 10.5 Å². The summed E-state index contributed by atoms with van der Waals surface area (Å²) in [5, 5.41) is 11.0. The highest BCUT2D eigenvalue weighted by Crippen LogP contribution is 2.36. The van der Waals surface area contributed by atoms with Crippen LogP contribution in [0.1, 0.15) is 38.1 Å². The van der Waals surface area contributed by atoms with Gasteiger partial charge in [-0.2, -0.15) is 0 Å². The van der Waals surface area contributed by atoms with E-state index in [0.29, 0.717) is 6.04 Å². The predicted octanol–water partition coefficient (Wildman–Crippen LogP) is 1.14. The number of hydrogen-bond donors (Lipinski definition) is 2. The monoisotopic (exact) mass is 254 g/mol. The zero-order valence-corrected chi connectivity index (χ0v) is 10.6. The first-order chi connectivity index (χ1) is 8.34. The summed E-state index contributed by atoms with van der Waals surface area (Å²) in [7, 11) is 0. The van der Waals surface area contributed by atoms with Crippen LogP contribution >= 0.6 is 11.8 Å². The number of nitrogens with zero attached hydrogens (tertiary/aromatic N) is 2. The normalized spacial score (nSPS) is 19.8. The number of aromatic amines is 1. The quantitative estimate of drug-likeness (QED) is 0.566. The van der Waals surface area contributed by atoms with E-state index < -0.39 is 0 Å². The lowest BCUT2D eigenvalue weighted by atomic mass is 10.5. The molecule has 2 aliphatic carbocycles. The first-order valence-electron chi connectivity index (χ1n) is 6.37. The van der Waals surface area contributed by atoms with E-state index in [1.54, 1.807) is 11.8 Å². The second-order valence-electron chi connectivity index (χ2n) is 4.84. The Morgan fingerprint density at radius 2 is 2.24 bits per heavy atom. The lowest BCUT2D eigenvalue weighted by molar-refractivity contribution is 0.640. The summed E-state index contributed by atoms with van der Waals surface area (Å²) < 4.78 is 1.82. The highest BCUT2D eigenvalue weighted by Gasteiger charge is 2.28. The molecule has 2 N–H and O–H groups in total. The minimum Gasteiger partial charge on any atom is -0.314 e. The third kappa shape index (κ3) is 2.93. The molecule has 5 nitrogen and oxygen atoms in total. The highest BCUT2D eigenvalue weighted by molar-refractivity contribution is 7.99. The van der Waals surface area contributed by atoms with Gasteiger partial charge in [-0.15, -0.1) is 5.10 Å². The smallest absolute Gasteiger partial charge is 0.314 e. The molecule has 1 aromatic heterocycles. The van der Waals surface area contributed by atoms with Crippen LogP contribution in [0.25, 0.3) is 0 Å². The van der Waals surface area contributed by atoms with Crippen molar-refractivity contribution in [2.45, 2.75) is 49.3 Å². The Labute approximate surface area is 104 Å². The molecule has 1 heterocycles. The van der Waals surface area contributed by atoms with Crippen LogP contribution < -0.4 is 11.0 Å². The van der Waals surface area contributed by atoms with E-state index in [0.717, 1.165) is 42.8 Å². The second kappa shape index (κ2) is 4.86. The van der Waals surface area contributed by atoms with Gasteiger partial charge < -0.3 is 5.32 Å². The molecule has 2 saturated carbocycles. The molecule has 0 saturated heterocycles. The van der Waals surface area contributed by atoms with Gasteiger partial charge in [-0.25, -0.2) is 9.89 Å². The van der Waals surface area contributed by atoms with Gasteiger partial charge in [0.2, 0.25) is 0 Å². The van der Waals surface area contributed by atoms with E-state index in [4.69, 9.17) is 0 Å². The highest BCUT2D eigenvalue weighted by atomic mass is 32.2. The number of rotatable bonds is 7. The molecule has 0 aromatic carbocycles. The van der Waals surface area contributed by atoms with Crippen molar-refractivity contribution in [3.63, 3.8) is 0 Å². The van der Waals surface area contributed by atoms with Crippen LogP contribution in [0, 0.1) is 0 Å². The fraction of sp³-hybridized carbons (Fsp3) is 0.818. The zero-order chi connectivity index (χ0) is 11.7. The molecular weight excluding hydrogens is 236 g/mol. The Morgan fingerprint density at radius 1 is 1.41 bits per heavy atom. The van der Waals surface area contributed by atoms with Crippen molar-refractivity contribution in [3.8, 4) is 0 Å². The van der Waals surface area contributed by atoms with Crippen LogP contribution in [0.5, 0.6) is 0 Å². The summed E-state index contributed by atoms with van der Waals surface area (Å²) in [6.07, 6.45) is 6.06. The Bertz CT molecular complexity index is 433. The molecule has 0 aliphatic heterocycles. The number of thioether (sulfide) groups is 1. The Morgan fingerprint density at radius 3 is 2.94 bits per heavy atom. The summed E-state index contributed by atoms with van der Waals surface area (Å²) in [5.41, 5.74) is -0.0499. The number of hydrogen-bond acceptors (Lipinski definition) is 4. The summed E-state index contributed by atoms with van der Waals surface area (Å²) in [4.78, 5) is 11.5. The minimum absolute atomic E-state index is 0.0499. The topological polar surface area (TPSA) is 62.7 Å². The van der Waals surface area contributed by atoms with Gasteiger partial charge in [-0.3, -0.25) is 4.57 Å². The van der Waals surface area contributed by atoms with Gasteiger partial charge >= 0.3 is 5.69 Å². The molecule has 0 amide bonds.